The molecule has 1 fully saturated rings. The number of ketones is 1. The minimum absolute atomic E-state index is 0.0325. The summed E-state index contributed by atoms with van der Waals surface area (Å²) in [5.74, 6) is 0.0325. The number of carbonyl (C=O) groups excluding carboxylic acids is 1. The standard InChI is InChI=1S/C27H28N2O/c1-21-8-14-26(22(2)20-21)29-18-16-28(17-19-29)25-12-10-24(11-13-25)27(30)15-9-23-6-4-3-5-7-23/h3-15,20H,16-19H2,1-2H3/b15-9+. The van der Waals surface area contributed by atoms with Gasteiger partial charge in [0.1, 0.15) is 0 Å². The number of allylic oxidation sites excluding steroid dienone is 1. The Balaban J connectivity index is 1.37. The van der Waals surface area contributed by atoms with Crippen LogP contribution in [-0.2, 0) is 0 Å². The third kappa shape index (κ3) is 4.62. The number of anilines is 2. The average Bonchev–Trinajstić information content (AvgIpc) is 2.78. The zero-order valence-corrected chi connectivity index (χ0v) is 17.7. The van der Waals surface area contributed by atoms with Gasteiger partial charge < -0.3 is 9.80 Å². The zero-order chi connectivity index (χ0) is 20.9. The van der Waals surface area contributed by atoms with E-state index < -0.39 is 0 Å². The fourth-order valence-corrected chi connectivity index (χ4v) is 4.03. The third-order valence-corrected chi connectivity index (χ3v) is 5.72. The Morgan fingerprint density at radius 2 is 1.47 bits per heavy atom. The van der Waals surface area contributed by atoms with E-state index in [1.807, 2.05) is 48.5 Å². The van der Waals surface area contributed by atoms with Gasteiger partial charge in [-0.2, -0.15) is 0 Å². The number of benzene rings is 3. The minimum atomic E-state index is 0.0325. The summed E-state index contributed by atoms with van der Waals surface area (Å²) < 4.78 is 0. The molecule has 30 heavy (non-hydrogen) atoms. The van der Waals surface area contributed by atoms with Gasteiger partial charge in [-0.1, -0.05) is 54.1 Å². The summed E-state index contributed by atoms with van der Waals surface area (Å²) >= 11 is 0. The predicted octanol–water partition coefficient (Wildman–Crippen LogP) is 5.53. The second kappa shape index (κ2) is 9.00. The van der Waals surface area contributed by atoms with Crippen LogP contribution >= 0.6 is 0 Å². The molecule has 3 heteroatoms. The van der Waals surface area contributed by atoms with E-state index in [0.29, 0.717) is 0 Å². The van der Waals surface area contributed by atoms with E-state index in [-0.39, 0.29) is 5.78 Å². The topological polar surface area (TPSA) is 23.6 Å². The van der Waals surface area contributed by atoms with Crippen molar-refractivity contribution in [1.82, 2.24) is 0 Å². The van der Waals surface area contributed by atoms with Gasteiger partial charge in [0.15, 0.2) is 5.78 Å². The maximum Gasteiger partial charge on any atom is 0.185 e. The Morgan fingerprint density at radius 1 is 0.800 bits per heavy atom. The molecule has 1 aliphatic rings. The average molecular weight is 397 g/mol. The maximum absolute atomic E-state index is 12.5. The molecule has 0 radical (unpaired) electrons. The van der Waals surface area contributed by atoms with Crippen LogP contribution < -0.4 is 9.80 Å². The van der Waals surface area contributed by atoms with Crippen LogP contribution in [0.5, 0.6) is 0 Å². The van der Waals surface area contributed by atoms with Crippen molar-refractivity contribution in [3.63, 3.8) is 0 Å². The molecular formula is C27H28N2O. The van der Waals surface area contributed by atoms with Crippen LogP contribution in [0.2, 0.25) is 0 Å². The summed E-state index contributed by atoms with van der Waals surface area (Å²) in [6, 6.07) is 24.6. The molecule has 1 saturated heterocycles. The van der Waals surface area contributed by atoms with E-state index in [0.717, 1.165) is 37.3 Å². The van der Waals surface area contributed by atoms with E-state index in [9.17, 15) is 4.79 Å². The highest BCUT2D eigenvalue weighted by Gasteiger charge is 2.19. The lowest BCUT2D eigenvalue weighted by molar-refractivity contribution is 0.104. The Hall–Kier alpha value is -3.33. The van der Waals surface area contributed by atoms with Crippen LogP contribution in [0.15, 0.2) is 78.9 Å². The highest BCUT2D eigenvalue weighted by atomic mass is 16.1. The first kappa shape index (κ1) is 20.0. The molecule has 0 saturated carbocycles. The molecule has 1 aliphatic heterocycles. The molecule has 3 aromatic rings. The summed E-state index contributed by atoms with van der Waals surface area (Å²) in [5, 5.41) is 0. The first-order chi connectivity index (χ1) is 14.6. The smallest absolute Gasteiger partial charge is 0.185 e. The Bertz CT molecular complexity index is 1030. The van der Waals surface area contributed by atoms with Crippen LogP contribution in [-0.4, -0.2) is 32.0 Å². The van der Waals surface area contributed by atoms with Gasteiger partial charge in [-0.3, -0.25) is 4.79 Å². The van der Waals surface area contributed by atoms with Crippen LogP contribution in [0.4, 0.5) is 11.4 Å². The fraction of sp³-hybridized carbons (Fsp3) is 0.222. The van der Waals surface area contributed by atoms with Gasteiger partial charge in [0.05, 0.1) is 0 Å². The van der Waals surface area contributed by atoms with Crippen LogP contribution in [0, 0.1) is 13.8 Å². The van der Waals surface area contributed by atoms with Crippen molar-refractivity contribution in [2.75, 3.05) is 36.0 Å². The molecule has 0 unspecified atom stereocenters. The lowest BCUT2D eigenvalue weighted by Crippen LogP contribution is -2.46. The van der Waals surface area contributed by atoms with Crippen LogP contribution in [0.3, 0.4) is 0 Å². The summed E-state index contributed by atoms with van der Waals surface area (Å²) in [4.78, 5) is 17.3. The largest absolute Gasteiger partial charge is 0.368 e. The van der Waals surface area contributed by atoms with Gasteiger partial charge in [0.2, 0.25) is 0 Å². The summed E-state index contributed by atoms with van der Waals surface area (Å²) in [7, 11) is 0. The molecule has 0 aromatic heterocycles. The van der Waals surface area contributed by atoms with Crippen molar-refractivity contribution in [2.45, 2.75) is 13.8 Å². The number of hydrogen-bond acceptors (Lipinski definition) is 3. The molecule has 3 nitrogen and oxygen atoms in total. The van der Waals surface area contributed by atoms with E-state index in [1.165, 1.54) is 22.5 Å². The maximum atomic E-state index is 12.5. The Kier molecular flexibility index (Phi) is 5.99. The number of piperazine rings is 1. The van der Waals surface area contributed by atoms with Crippen molar-refractivity contribution in [1.29, 1.82) is 0 Å². The van der Waals surface area contributed by atoms with Crippen molar-refractivity contribution >= 4 is 23.2 Å². The molecule has 1 heterocycles. The van der Waals surface area contributed by atoms with Gasteiger partial charge in [0.25, 0.3) is 0 Å². The number of carbonyl (C=O) groups is 1. The van der Waals surface area contributed by atoms with Crippen molar-refractivity contribution in [2.24, 2.45) is 0 Å². The number of hydrogen-bond donors (Lipinski definition) is 0. The van der Waals surface area contributed by atoms with E-state index in [4.69, 9.17) is 0 Å². The van der Waals surface area contributed by atoms with E-state index in [2.05, 4.69) is 54.0 Å². The first-order valence-electron chi connectivity index (χ1n) is 10.5. The minimum Gasteiger partial charge on any atom is -0.368 e. The summed E-state index contributed by atoms with van der Waals surface area (Å²) in [6.07, 6.45) is 3.51. The monoisotopic (exact) mass is 396 g/mol. The van der Waals surface area contributed by atoms with Gasteiger partial charge in [0, 0.05) is 43.1 Å². The molecule has 0 N–H and O–H groups in total. The molecule has 0 bridgehead atoms. The fourth-order valence-electron chi connectivity index (χ4n) is 4.03. The van der Waals surface area contributed by atoms with Gasteiger partial charge in [-0.25, -0.2) is 0 Å². The molecule has 3 aromatic carbocycles. The highest BCUT2D eigenvalue weighted by molar-refractivity contribution is 6.07. The number of nitrogens with zero attached hydrogens (tertiary/aromatic N) is 2. The number of aryl methyl sites for hydroxylation is 2. The summed E-state index contributed by atoms with van der Waals surface area (Å²) in [5.41, 5.74) is 6.92. The van der Waals surface area contributed by atoms with Crippen molar-refractivity contribution in [3.05, 3.63) is 101 Å². The van der Waals surface area contributed by atoms with Crippen molar-refractivity contribution < 1.29 is 4.79 Å². The van der Waals surface area contributed by atoms with Crippen LogP contribution in [0.1, 0.15) is 27.0 Å². The van der Waals surface area contributed by atoms with Gasteiger partial charge in [-0.15, -0.1) is 0 Å². The molecule has 0 atom stereocenters. The van der Waals surface area contributed by atoms with E-state index in [1.54, 1.807) is 6.08 Å². The molecule has 0 aliphatic carbocycles. The Morgan fingerprint density at radius 3 is 2.13 bits per heavy atom. The predicted molar refractivity (Wildman–Crippen MR) is 127 cm³/mol. The highest BCUT2D eigenvalue weighted by Crippen LogP contribution is 2.24. The molecular weight excluding hydrogens is 368 g/mol. The van der Waals surface area contributed by atoms with Crippen molar-refractivity contribution in [3.8, 4) is 0 Å². The molecule has 0 spiro atoms. The third-order valence-electron chi connectivity index (χ3n) is 5.72. The second-order valence-corrected chi connectivity index (χ2v) is 7.92. The first-order valence-corrected chi connectivity index (χ1v) is 10.5. The number of rotatable bonds is 5. The van der Waals surface area contributed by atoms with Gasteiger partial charge >= 0.3 is 0 Å². The SMILES string of the molecule is Cc1ccc(N2CCN(c3ccc(C(=O)/C=C/c4ccccc4)cc3)CC2)c(C)c1. The molecule has 4 rings (SSSR count). The molecule has 0 amide bonds. The molecule has 152 valence electrons. The van der Waals surface area contributed by atoms with Gasteiger partial charge in [-0.05, 0) is 61.4 Å². The zero-order valence-electron chi connectivity index (χ0n) is 17.7. The van der Waals surface area contributed by atoms with E-state index >= 15 is 0 Å². The Labute approximate surface area is 179 Å². The normalized spacial score (nSPS) is 14.3. The quantitative estimate of drug-likeness (QED) is 0.419. The summed E-state index contributed by atoms with van der Waals surface area (Å²) in [6.45, 7) is 8.30. The van der Waals surface area contributed by atoms with Crippen LogP contribution in [0.25, 0.3) is 6.08 Å². The lowest BCUT2D eigenvalue weighted by Gasteiger charge is -2.38. The second-order valence-electron chi connectivity index (χ2n) is 7.92. The lowest BCUT2D eigenvalue weighted by atomic mass is 10.1.